The molecule has 1 saturated heterocycles. The number of amides is 1. The van der Waals surface area contributed by atoms with E-state index in [4.69, 9.17) is 0 Å². The van der Waals surface area contributed by atoms with Crippen molar-refractivity contribution in [3.8, 4) is 0 Å². The molecule has 2 N–H and O–H groups in total. The standard InChI is InChI=1S/C20H31N3O3S/c1-3-23(4-2)27(25,26)18-10-8-16(9-11-18)13-22-19(24)20-12-6-5-7-17(20)14-21-15-20/h8-11,17,21H,3-7,12-15H2,1-2H3,(H,22,24)/t17-,20+/m0/s1. The average Bonchev–Trinajstić information content (AvgIpc) is 3.12. The van der Waals surface area contributed by atoms with E-state index in [0.717, 1.165) is 37.9 Å². The fraction of sp³-hybridized carbons (Fsp3) is 0.650. The molecule has 1 heterocycles. The molecule has 1 amide bonds. The zero-order chi connectivity index (χ0) is 19.5. The molecular weight excluding hydrogens is 362 g/mol. The lowest BCUT2D eigenvalue weighted by molar-refractivity contribution is -0.134. The fourth-order valence-corrected chi connectivity index (χ4v) is 6.00. The van der Waals surface area contributed by atoms with Crippen LogP contribution in [0, 0.1) is 11.3 Å². The smallest absolute Gasteiger partial charge is 0.243 e. The van der Waals surface area contributed by atoms with Gasteiger partial charge in [0.15, 0.2) is 0 Å². The molecule has 150 valence electrons. The van der Waals surface area contributed by atoms with Gasteiger partial charge in [0.25, 0.3) is 0 Å². The van der Waals surface area contributed by atoms with Crippen LogP contribution >= 0.6 is 0 Å². The molecule has 1 aromatic rings. The van der Waals surface area contributed by atoms with E-state index < -0.39 is 10.0 Å². The molecule has 2 fully saturated rings. The Morgan fingerprint density at radius 3 is 2.59 bits per heavy atom. The molecule has 0 radical (unpaired) electrons. The van der Waals surface area contributed by atoms with Gasteiger partial charge in [-0.1, -0.05) is 38.8 Å². The van der Waals surface area contributed by atoms with Crippen LogP contribution in [0.3, 0.4) is 0 Å². The van der Waals surface area contributed by atoms with Crippen LogP contribution in [0.1, 0.15) is 45.1 Å². The van der Waals surface area contributed by atoms with Gasteiger partial charge >= 0.3 is 0 Å². The number of sulfonamides is 1. The zero-order valence-corrected chi connectivity index (χ0v) is 17.1. The van der Waals surface area contributed by atoms with Gasteiger partial charge in [0.2, 0.25) is 15.9 Å². The lowest BCUT2D eigenvalue weighted by Gasteiger charge is -2.37. The number of hydrogen-bond acceptors (Lipinski definition) is 4. The van der Waals surface area contributed by atoms with E-state index in [0.29, 0.717) is 30.4 Å². The summed E-state index contributed by atoms with van der Waals surface area (Å²) in [5.41, 5.74) is 0.654. The van der Waals surface area contributed by atoms with Gasteiger partial charge in [-0.2, -0.15) is 4.31 Å². The van der Waals surface area contributed by atoms with Gasteiger partial charge in [0, 0.05) is 26.2 Å². The molecule has 2 aliphatic rings. The topological polar surface area (TPSA) is 78.5 Å². The highest BCUT2D eigenvalue weighted by molar-refractivity contribution is 7.89. The van der Waals surface area contributed by atoms with Crippen molar-refractivity contribution in [2.24, 2.45) is 11.3 Å². The van der Waals surface area contributed by atoms with Gasteiger partial charge < -0.3 is 10.6 Å². The van der Waals surface area contributed by atoms with Crippen molar-refractivity contribution in [3.05, 3.63) is 29.8 Å². The molecule has 0 aromatic heterocycles. The summed E-state index contributed by atoms with van der Waals surface area (Å²) in [4.78, 5) is 13.2. The van der Waals surface area contributed by atoms with Crippen LogP contribution < -0.4 is 10.6 Å². The maximum Gasteiger partial charge on any atom is 0.243 e. The Balaban J connectivity index is 1.64. The minimum atomic E-state index is -3.44. The van der Waals surface area contributed by atoms with Crippen LogP contribution in [-0.4, -0.2) is 44.8 Å². The molecule has 2 atom stereocenters. The molecular formula is C20H31N3O3S. The third kappa shape index (κ3) is 3.91. The molecule has 7 heteroatoms. The summed E-state index contributed by atoms with van der Waals surface area (Å²) in [5, 5.41) is 6.49. The first-order valence-corrected chi connectivity index (χ1v) is 11.5. The first-order chi connectivity index (χ1) is 12.9. The molecule has 0 bridgehead atoms. The Kier molecular flexibility index (Phi) is 6.23. The van der Waals surface area contributed by atoms with Crippen LogP contribution in [0.4, 0.5) is 0 Å². The normalized spacial score (nSPS) is 25.4. The van der Waals surface area contributed by atoms with E-state index >= 15 is 0 Å². The molecule has 1 aliphatic carbocycles. The van der Waals surface area contributed by atoms with E-state index in [1.807, 2.05) is 13.8 Å². The van der Waals surface area contributed by atoms with Gasteiger partial charge in [-0.25, -0.2) is 8.42 Å². The number of benzene rings is 1. The zero-order valence-electron chi connectivity index (χ0n) is 16.3. The number of rotatable bonds is 7. The summed E-state index contributed by atoms with van der Waals surface area (Å²) < 4.78 is 26.5. The lowest BCUT2D eigenvalue weighted by atomic mass is 9.67. The quantitative estimate of drug-likeness (QED) is 0.744. The number of nitrogens with zero attached hydrogens (tertiary/aromatic N) is 1. The van der Waals surface area contributed by atoms with Crippen molar-refractivity contribution >= 4 is 15.9 Å². The number of nitrogens with one attached hydrogen (secondary N) is 2. The number of hydrogen-bond donors (Lipinski definition) is 2. The molecule has 1 aromatic carbocycles. The fourth-order valence-electron chi connectivity index (χ4n) is 4.54. The highest BCUT2D eigenvalue weighted by Crippen LogP contribution is 2.43. The van der Waals surface area contributed by atoms with Crippen molar-refractivity contribution < 1.29 is 13.2 Å². The molecule has 0 spiro atoms. The van der Waals surface area contributed by atoms with Crippen LogP contribution in [-0.2, 0) is 21.4 Å². The van der Waals surface area contributed by atoms with Crippen LogP contribution in [0.5, 0.6) is 0 Å². The molecule has 1 aliphatic heterocycles. The lowest BCUT2D eigenvalue weighted by Crippen LogP contribution is -2.47. The molecule has 1 saturated carbocycles. The highest BCUT2D eigenvalue weighted by atomic mass is 32.2. The van der Waals surface area contributed by atoms with Gasteiger partial charge in [0.05, 0.1) is 10.3 Å². The summed E-state index contributed by atoms with van der Waals surface area (Å²) >= 11 is 0. The summed E-state index contributed by atoms with van der Waals surface area (Å²) in [6, 6.07) is 6.85. The van der Waals surface area contributed by atoms with Crippen LogP contribution in [0.25, 0.3) is 0 Å². The third-order valence-corrected chi connectivity index (χ3v) is 8.27. The van der Waals surface area contributed by atoms with Crippen molar-refractivity contribution in [1.29, 1.82) is 0 Å². The average molecular weight is 394 g/mol. The third-order valence-electron chi connectivity index (χ3n) is 6.21. The maximum atomic E-state index is 12.9. The van der Waals surface area contributed by atoms with E-state index in [9.17, 15) is 13.2 Å². The molecule has 0 unspecified atom stereocenters. The Morgan fingerprint density at radius 2 is 1.93 bits per heavy atom. The second-order valence-corrected chi connectivity index (χ2v) is 9.58. The predicted octanol–water partition coefficient (Wildman–Crippen LogP) is 2.11. The number of fused-ring (bicyclic) bond motifs is 1. The first kappa shape index (κ1) is 20.3. The van der Waals surface area contributed by atoms with Crippen LogP contribution in [0.15, 0.2) is 29.2 Å². The Hall–Kier alpha value is -1.44. The largest absolute Gasteiger partial charge is 0.351 e. The summed E-state index contributed by atoms with van der Waals surface area (Å²) in [6.07, 6.45) is 4.41. The van der Waals surface area contributed by atoms with Crippen molar-refractivity contribution in [2.45, 2.75) is 51.0 Å². The van der Waals surface area contributed by atoms with E-state index in [1.54, 1.807) is 24.3 Å². The SMILES string of the molecule is CCN(CC)S(=O)(=O)c1ccc(CNC(=O)[C@@]23CCCC[C@H]2CNC3)cc1. The minimum Gasteiger partial charge on any atom is -0.351 e. The summed E-state index contributed by atoms with van der Waals surface area (Å²) in [6.45, 7) is 6.71. The van der Waals surface area contributed by atoms with Crippen molar-refractivity contribution in [3.63, 3.8) is 0 Å². The van der Waals surface area contributed by atoms with Crippen LogP contribution in [0.2, 0.25) is 0 Å². The second-order valence-electron chi connectivity index (χ2n) is 7.65. The van der Waals surface area contributed by atoms with Gasteiger partial charge in [-0.3, -0.25) is 4.79 Å². The Labute approximate surface area is 162 Å². The summed E-state index contributed by atoms with van der Waals surface area (Å²) in [7, 11) is -3.44. The molecule has 6 nitrogen and oxygen atoms in total. The van der Waals surface area contributed by atoms with E-state index in [1.165, 1.54) is 10.7 Å². The van der Waals surface area contributed by atoms with Gasteiger partial charge in [0.1, 0.15) is 0 Å². The van der Waals surface area contributed by atoms with Gasteiger partial charge in [-0.05, 0) is 43.0 Å². The van der Waals surface area contributed by atoms with Crippen molar-refractivity contribution in [2.75, 3.05) is 26.2 Å². The Bertz CT molecular complexity index is 759. The monoisotopic (exact) mass is 393 g/mol. The predicted molar refractivity (Wildman–Crippen MR) is 106 cm³/mol. The highest BCUT2D eigenvalue weighted by Gasteiger charge is 2.49. The second kappa shape index (κ2) is 8.29. The number of carbonyl (C=O) groups is 1. The maximum absolute atomic E-state index is 12.9. The van der Waals surface area contributed by atoms with Gasteiger partial charge in [-0.15, -0.1) is 0 Å². The van der Waals surface area contributed by atoms with E-state index in [-0.39, 0.29) is 11.3 Å². The van der Waals surface area contributed by atoms with Crippen molar-refractivity contribution in [1.82, 2.24) is 14.9 Å². The number of carbonyl (C=O) groups excluding carboxylic acids is 1. The molecule has 3 rings (SSSR count). The Morgan fingerprint density at radius 1 is 1.22 bits per heavy atom. The first-order valence-electron chi connectivity index (χ1n) is 10.0. The molecule has 27 heavy (non-hydrogen) atoms. The summed E-state index contributed by atoms with van der Waals surface area (Å²) in [5.74, 6) is 0.574. The minimum absolute atomic E-state index is 0.136. The van der Waals surface area contributed by atoms with E-state index in [2.05, 4.69) is 10.6 Å².